The van der Waals surface area contributed by atoms with E-state index in [0.717, 1.165) is 5.56 Å². The molecule has 1 aromatic carbocycles. The molecule has 0 bridgehead atoms. The van der Waals surface area contributed by atoms with Crippen LogP contribution in [0.1, 0.15) is 26.3 Å². The fourth-order valence-corrected chi connectivity index (χ4v) is 1.29. The third-order valence-corrected chi connectivity index (χ3v) is 2.04. The number of alkyl carbamates (subject to hydrolysis) is 1. The smallest absolute Gasteiger partial charge is 0.415 e. The molecule has 0 aliphatic heterocycles. The quantitative estimate of drug-likeness (QED) is 0.837. The number of carbonyl (C=O) groups is 1. The van der Waals surface area contributed by atoms with Crippen LogP contribution in [-0.4, -0.2) is 16.9 Å². The SMILES string of the molecule is CC(C)(C)OC(=O)NC(=S)OCc1ccccc1. The van der Waals surface area contributed by atoms with Gasteiger partial charge in [0.05, 0.1) is 0 Å². The van der Waals surface area contributed by atoms with Crippen LogP contribution in [0.2, 0.25) is 0 Å². The molecular formula is C13H17NO3S. The van der Waals surface area contributed by atoms with E-state index in [4.69, 9.17) is 21.7 Å². The first-order valence-electron chi connectivity index (χ1n) is 5.57. The number of nitrogens with one attached hydrogen (secondary N) is 1. The van der Waals surface area contributed by atoms with Crippen LogP contribution in [0.3, 0.4) is 0 Å². The fourth-order valence-electron chi connectivity index (χ4n) is 1.15. The summed E-state index contributed by atoms with van der Waals surface area (Å²) in [5.41, 5.74) is 0.421. The number of thiocarbonyl (C=S) groups is 1. The number of hydrogen-bond donors (Lipinski definition) is 1. The summed E-state index contributed by atoms with van der Waals surface area (Å²) in [6.45, 7) is 5.65. The van der Waals surface area contributed by atoms with Crippen LogP contribution in [0, 0.1) is 0 Å². The van der Waals surface area contributed by atoms with Gasteiger partial charge in [0.1, 0.15) is 12.2 Å². The molecular weight excluding hydrogens is 250 g/mol. The van der Waals surface area contributed by atoms with Crippen LogP contribution in [0.25, 0.3) is 0 Å². The van der Waals surface area contributed by atoms with Crippen molar-refractivity contribution < 1.29 is 14.3 Å². The molecule has 0 spiro atoms. The lowest BCUT2D eigenvalue weighted by atomic mass is 10.2. The zero-order chi connectivity index (χ0) is 13.6. The number of carbonyl (C=O) groups excluding carboxylic acids is 1. The van der Waals surface area contributed by atoms with Crippen molar-refractivity contribution in [1.29, 1.82) is 0 Å². The van der Waals surface area contributed by atoms with E-state index >= 15 is 0 Å². The molecule has 0 aliphatic carbocycles. The van der Waals surface area contributed by atoms with Gasteiger partial charge in [0.15, 0.2) is 0 Å². The Morgan fingerprint density at radius 2 is 1.89 bits per heavy atom. The van der Waals surface area contributed by atoms with Crippen molar-refractivity contribution in [1.82, 2.24) is 5.32 Å². The summed E-state index contributed by atoms with van der Waals surface area (Å²) in [6, 6.07) is 9.55. The van der Waals surface area contributed by atoms with Crippen LogP contribution >= 0.6 is 12.2 Å². The Bertz CT molecular complexity index is 412. The normalized spacial score (nSPS) is 10.6. The molecule has 0 aliphatic rings. The van der Waals surface area contributed by atoms with Crippen LogP contribution in [-0.2, 0) is 16.1 Å². The van der Waals surface area contributed by atoms with Gasteiger partial charge in [0.2, 0.25) is 0 Å². The van der Waals surface area contributed by atoms with Gasteiger partial charge in [0.25, 0.3) is 5.17 Å². The molecule has 1 rings (SSSR count). The van der Waals surface area contributed by atoms with E-state index in [1.165, 1.54) is 0 Å². The van der Waals surface area contributed by atoms with E-state index < -0.39 is 11.7 Å². The molecule has 0 unspecified atom stereocenters. The number of amides is 1. The lowest BCUT2D eigenvalue weighted by Gasteiger charge is -2.19. The predicted molar refractivity (Wildman–Crippen MR) is 73.2 cm³/mol. The third kappa shape index (κ3) is 6.20. The molecule has 98 valence electrons. The maximum Gasteiger partial charge on any atom is 0.415 e. The Morgan fingerprint density at radius 1 is 1.28 bits per heavy atom. The van der Waals surface area contributed by atoms with Crippen molar-refractivity contribution in [3.05, 3.63) is 35.9 Å². The molecule has 1 N–H and O–H groups in total. The van der Waals surface area contributed by atoms with Crippen molar-refractivity contribution in [2.75, 3.05) is 0 Å². The van der Waals surface area contributed by atoms with Gasteiger partial charge in [-0.25, -0.2) is 4.79 Å². The van der Waals surface area contributed by atoms with Crippen molar-refractivity contribution in [2.45, 2.75) is 33.0 Å². The van der Waals surface area contributed by atoms with Gasteiger partial charge in [-0.3, -0.25) is 5.32 Å². The average Bonchev–Trinajstić information content (AvgIpc) is 2.25. The first-order valence-corrected chi connectivity index (χ1v) is 5.98. The Kier molecular flexibility index (Phi) is 5.09. The van der Waals surface area contributed by atoms with Gasteiger partial charge in [-0.15, -0.1) is 0 Å². The van der Waals surface area contributed by atoms with Gasteiger partial charge in [-0.2, -0.15) is 0 Å². The minimum atomic E-state index is -0.611. The standard InChI is InChI=1S/C13H17NO3S/c1-13(2,3)17-11(15)14-12(18)16-9-10-7-5-4-6-8-10/h4-8H,9H2,1-3H3,(H,14,15,18). The van der Waals surface area contributed by atoms with E-state index in [0.29, 0.717) is 6.61 Å². The molecule has 0 aromatic heterocycles. The summed E-state index contributed by atoms with van der Waals surface area (Å²) in [7, 11) is 0. The summed E-state index contributed by atoms with van der Waals surface area (Å²) < 4.78 is 10.3. The molecule has 0 atom stereocenters. The van der Waals surface area contributed by atoms with Crippen molar-refractivity contribution >= 4 is 23.5 Å². The first kappa shape index (κ1) is 14.4. The van der Waals surface area contributed by atoms with Gasteiger partial charge in [0, 0.05) is 0 Å². The molecule has 4 nitrogen and oxygen atoms in total. The summed E-state index contributed by atoms with van der Waals surface area (Å²) in [6.07, 6.45) is -0.611. The molecule has 0 fully saturated rings. The molecule has 1 aromatic rings. The Hall–Kier alpha value is -1.62. The van der Waals surface area contributed by atoms with E-state index in [2.05, 4.69) is 5.32 Å². The number of ether oxygens (including phenoxy) is 2. The molecule has 18 heavy (non-hydrogen) atoms. The molecule has 0 heterocycles. The summed E-state index contributed by atoms with van der Waals surface area (Å²) >= 11 is 4.88. The fraction of sp³-hybridized carbons (Fsp3) is 0.385. The first-order chi connectivity index (χ1) is 8.37. The van der Waals surface area contributed by atoms with E-state index in [1.54, 1.807) is 20.8 Å². The van der Waals surface area contributed by atoms with Crippen molar-refractivity contribution in [3.8, 4) is 0 Å². The summed E-state index contributed by atoms with van der Waals surface area (Å²) in [5.74, 6) is 0. The molecule has 0 radical (unpaired) electrons. The number of rotatable bonds is 2. The zero-order valence-corrected chi connectivity index (χ0v) is 11.5. The second-order valence-electron chi connectivity index (χ2n) is 4.69. The monoisotopic (exact) mass is 267 g/mol. The third-order valence-electron chi connectivity index (χ3n) is 1.82. The minimum absolute atomic E-state index is 0.00750. The largest absolute Gasteiger partial charge is 0.466 e. The Balaban J connectivity index is 2.32. The predicted octanol–water partition coefficient (Wildman–Crippen LogP) is 3.01. The summed E-state index contributed by atoms with van der Waals surface area (Å²) in [5, 5.41) is 2.36. The van der Waals surface area contributed by atoms with E-state index in [1.807, 2.05) is 30.3 Å². The second kappa shape index (κ2) is 6.35. The highest BCUT2D eigenvalue weighted by atomic mass is 32.1. The minimum Gasteiger partial charge on any atom is -0.466 e. The van der Waals surface area contributed by atoms with Gasteiger partial charge in [-0.1, -0.05) is 30.3 Å². The van der Waals surface area contributed by atoms with E-state index in [9.17, 15) is 4.79 Å². The highest BCUT2D eigenvalue weighted by Crippen LogP contribution is 2.06. The van der Waals surface area contributed by atoms with Gasteiger partial charge < -0.3 is 9.47 Å². The molecule has 5 heteroatoms. The van der Waals surface area contributed by atoms with Crippen LogP contribution in [0.15, 0.2) is 30.3 Å². The van der Waals surface area contributed by atoms with Crippen LogP contribution < -0.4 is 5.32 Å². The second-order valence-corrected chi connectivity index (χ2v) is 5.06. The topological polar surface area (TPSA) is 47.6 Å². The number of hydrogen-bond acceptors (Lipinski definition) is 4. The molecule has 0 saturated heterocycles. The number of benzene rings is 1. The zero-order valence-electron chi connectivity index (χ0n) is 10.7. The maximum absolute atomic E-state index is 11.4. The van der Waals surface area contributed by atoms with Crippen molar-refractivity contribution in [2.24, 2.45) is 0 Å². The maximum atomic E-state index is 11.4. The van der Waals surface area contributed by atoms with Crippen molar-refractivity contribution in [3.63, 3.8) is 0 Å². The van der Waals surface area contributed by atoms with E-state index in [-0.39, 0.29) is 5.17 Å². The van der Waals surface area contributed by atoms with Crippen LogP contribution in [0.4, 0.5) is 4.79 Å². The molecule has 0 saturated carbocycles. The van der Waals surface area contributed by atoms with Crippen LogP contribution in [0.5, 0.6) is 0 Å². The summed E-state index contributed by atoms with van der Waals surface area (Å²) in [4.78, 5) is 11.4. The average molecular weight is 267 g/mol. The Morgan fingerprint density at radius 3 is 2.44 bits per heavy atom. The lowest BCUT2D eigenvalue weighted by molar-refractivity contribution is 0.0550. The highest BCUT2D eigenvalue weighted by molar-refractivity contribution is 7.80. The lowest BCUT2D eigenvalue weighted by Crippen LogP contribution is -2.36. The highest BCUT2D eigenvalue weighted by Gasteiger charge is 2.17. The molecule has 1 amide bonds. The van der Waals surface area contributed by atoms with Gasteiger partial charge in [-0.05, 0) is 38.6 Å². The Labute approximate surface area is 112 Å². The van der Waals surface area contributed by atoms with Gasteiger partial charge >= 0.3 is 6.09 Å².